The number of carbonyl (C=O) groups is 2. The molecule has 2 amide bonds. The van der Waals surface area contributed by atoms with Crippen LogP contribution in [0.5, 0.6) is 0 Å². The third kappa shape index (κ3) is 5.39. The molecule has 168 valence electrons. The molecule has 2 aliphatic rings. The van der Waals surface area contributed by atoms with Crippen LogP contribution in [0, 0.1) is 13.8 Å². The van der Waals surface area contributed by atoms with Gasteiger partial charge in [-0.05, 0) is 40.8 Å². The summed E-state index contributed by atoms with van der Waals surface area (Å²) < 4.78 is 5.71. The Morgan fingerprint density at radius 1 is 1.27 bits per heavy atom. The average molecular weight is 421 g/mol. The summed E-state index contributed by atoms with van der Waals surface area (Å²) in [5.74, 6) is -0.203. The fourth-order valence-electron chi connectivity index (χ4n) is 4.48. The number of aryl methyl sites for hydroxylation is 2. The van der Waals surface area contributed by atoms with Crippen LogP contribution >= 0.6 is 0 Å². The van der Waals surface area contributed by atoms with Gasteiger partial charge in [0.05, 0.1) is 30.2 Å². The molecule has 1 atom stereocenters. The molecule has 0 bridgehead atoms. The predicted octanol–water partition coefficient (Wildman–Crippen LogP) is 1.05. The first-order valence-electron chi connectivity index (χ1n) is 10.9. The normalized spacial score (nSPS) is 22.1. The molecule has 0 aromatic carbocycles. The van der Waals surface area contributed by atoms with Gasteiger partial charge in [-0.1, -0.05) is 19.3 Å². The Hall–Kier alpha value is -1.97. The Morgan fingerprint density at radius 3 is 2.63 bits per heavy atom. The third-order valence-electron chi connectivity index (χ3n) is 6.53. The number of ether oxygens (including phenoxy) is 1. The number of H-pyrrole nitrogens is 1. The standard InChI is InChI=1S/C21H36N6O3/c1-15-19(16(2)25-24-15)23-18(28)13-27-10-11-30-17(12-27)20(29)22-14-21(26(3)4)8-6-5-7-9-21/h17H,5-14H2,1-4H3,(H,22,29)(H,23,28)(H,24,25). The highest BCUT2D eigenvalue weighted by molar-refractivity contribution is 5.93. The minimum Gasteiger partial charge on any atom is -0.366 e. The van der Waals surface area contributed by atoms with Gasteiger partial charge in [-0.15, -0.1) is 0 Å². The summed E-state index contributed by atoms with van der Waals surface area (Å²) in [4.78, 5) is 29.5. The highest BCUT2D eigenvalue weighted by atomic mass is 16.5. The number of hydrogen-bond donors (Lipinski definition) is 3. The number of nitrogens with zero attached hydrogens (tertiary/aromatic N) is 3. The van der Waals surface area contributed by atoms with Gasteiger partial charge in [0.15, 0.2) is 0 Å². The number of nitrogens with one attached hydrogen (secondary N) is 3. The Bertz CT molecular complexity index is 722. The van der Waals surface area contributed by atoms with Crippen molar-refractivity contribution in [2.45, 2.75) is 57.6 Å². The van der Waals surface area contributed by atoms with Crippen LogP contribution in [0.4, 0.5) is 5.69 Å². The Balaban J connectivity index is 1.50. The summed E-state index contributed by atoms with van der Waals surface area (Å²) in [6.07, 6.45) is 5.32. The van der Waals surface area contributed by atoms with Crippen molar-refractivity contribution in [3.05, 3.63) is 11.4 Å². The molecule has 9 nitrogen and oxygen atoms in total. The monoisotopic (exact) mass is 420 g/mol. The van der Waals surface area contributed by atoms with Crippen LogP contribution < -0.4 is 10.6 Å². The SMILES string of the molecule is Cc1n[nH]c(C)c1NC(=O)CN1CCOC(C(=O)NCC2(N(C)C)CCCCC2)C1. The first-order chi connectivity index (χ1) is 14.3. The third-order valence-corrected chi connectivity index (χ3v) is 6.53. The number of amides is 2. The lowest BCUT2D eigenvalue weighted by Gasteiger charge is -2.43. The molecule has 1 aromatic rings. The molecule has 3 N–H and O–H groups in total. The van der Waals surface area contributed by atoms with Gasteiger partial charge in [-0.2, -0.15) is 5.10 Å². The summed E-state index contributed by atoms with van der Waals surface area (Å²) in [7, 11) is 4.19. The maximum Gasteiger partial charge on any atom is 0.250 e. The molecule has 0 spiro atoms. The van der Waals surface area contributed by atoms with E-state index in [1.165, 1.54) is 19.3 Å². The zero-order valence-corrected chi connectivity index (χ0v) is 18.7. The van der Waals surface area contributed by atoms with Gasteiger partial charge in [0.25, 0.3) is 5.91 Å². The molecule has 1 aromatic heterocycles. The molecule has 1 unspecified atom stereocenters. The summed E-state index contributed by atoms with van der Waals surface area (Å²) >= 11 is 0. The number of morpholine rings is 1. The minimum atomic E-state index is -0.549. The van der Waals surface area contributed by atoms with E-state index in [1.54, 1.807) is 0 Å². The lowest BCUT2D eigenvalue weighted by atomic mass is 9.80. The first kappa shape index (κ1) is 22.7. The topological polar surface area (TPSA) is 103 Å². The van der Waals surface area contributed by atoms with Gasteiger partial charge < -0.3 is 20.3 Å². The van der Waals surface area contributed by atoms with E-state index < -0.39 is 6.10 Å². The Morgan fingerprint density at radius 2 is 2.00 bits per heavy atom. The number of anilines is 1. The van der Waals surface area contributed by atoms with Gasteiger partial charge in [0.1, 0.15) is 6.10 Å². The van der Waals surface area contributed by atoms with Crippen LogP contribution in [0.1, 0.15) is 43.5 Å². The highest BCUT2D eigenvalue weighted by Gasteiger charge is 2.36. The van der Waals surface area contributed by atoms with E-state index in [1.807, 2.05) is 18.7 Å². The number of hydrogen-bond acceptors (Lipinski definition) is 6. The van der Waals surface area contributed by atoms with Crippen molar-refractivity contribution in [3.8, 4) is 0 Å². The second-order valence-electron chi connectivity index (χ2n) is 8.85. The van der Waals surface area contributed by atoms with Crippen molar-refractivity contribution >= 4 is 17.5 Å². The zero-order chi connectivity index (χ0) is 21.7. The number of carbonyl (C=O) groups excluding carboxylic acids is 2. The lowest BCUT2D eigenvalue weighted by molar-refractivity contribution is -0.140. The molecule has 9 heteroatoms. The van der Waals surface area contributed by atoms with Crippen LogP contribution in [-0.2, 0) is 14.3 Å². The maximum absolute atomic E-state index is 12.8. The Labute approximate surface area is 178 Å². The van der Waals surface area contributed by atoms with E-state index in [4.69, 9.17) is 4.74 Å². The molecule has 3 rings (SSSR count). The van der Waals surface area contributed by atoms with Crippen LogP contribution in [0.25, 0.3) is 0 Å². The highest BCUT2D eigenvalue weighted by Crippen LogP contribution is 2.31. The summed E-state index contributed by atoms with van der Waals surface area (Å²) in [6, 6.07) is 0. The lowest BCUT2D eigenvalue weighted by Crippen LogP contribution is -2.57. The van der Waals surface area contributed by atoms with Crippen molar-refractivity contribution in [1.82, 2.24) is 25.3 Å². The van der Waals surface area contributed by atoms with Crippen molar-refractivity contribution in [2.24, 2.45) is 0 Å². The molecule has 30 heavy (non-hydrogen) atoms. The first-order valence-corrected chi connectivity index (χ1v) is 10.9. The summed E-state index contributed by atoms with van der Waals surface area (Å²) in [5.41, 5.74) is 2.35. The fraction of sp³-hybridized carbons (Fsp3) is 0.762. The second kappa shape index (κ2) is 9.89. The molecular weight excluding hydrogens is 384 g/mol. The fourth-order valence-corrected chi connectivity index (χ4v) is 4.48. The Kier molecular flexibility index (Phi) is 7.49. The summed E-state index contributed by atoms with van der Waals surface area (Å²) in [5, 5.41) is 13.0. The number of rotatable bonds is 7. The quantitative estimate of drug-likeness (QED) is 0.609. The molecule has 0 radical (unpaired) electrons. The van der Waals surface area contributed by atoms with Crippen LogP contribution in [-0.4, -0.2) is 90.3 Å². The number of aromatic amines is 1. The molecule has 1 aliphatic heterocycles. The predicted molar refractivity (Wildman–Crippen MR) is 115 cm³/mol. The molecular formula is C21H36N6O3. The molecule has 1 saturated heterocycles. The average Bonchev–Trinajstić information content (AvgIpc) is 3.04. The zero-order valence-electron chi connectivity index (χ0n) is 18.7. The van der Waals surface area contributed by atoms with Gasteiger partial charge in [-0.3, -0.25) is 19.6 Å². The van der Waals surface area contributed by atoms with Crippen LogP contribution in [0.2, 0.25) is 0 Å². The van der Waals surface area contributed by atoms with Crippen molar-refractivity contribution < 1.29 is 14.3 Å². The van der Waals surface area contributed by atoms with Crippen molar-refractivity contribution in [3.63, 3.8) is 0 Å². The van der Waals surface area contributed by atoms with E-state index >= 15 is 0 Å². The summed E-state index contributed by atoms with van der Waals surface area (Å²) in [6.45, 7) is 6.06. The smallest absolute Gasteiger partial charge is 0.250 e. The molecule has 2 fully saturated rings. The van der Waals surface area contributed by atoms with Crippen molar-refractivity contribution in [1.29, 1.82) is 0 Å². The van der Waals surface area contributed by atoms with E-state index in [0.29, 0.717) is 26.2 Å². The number of aromatic nitrogens is 2. The van der Waals surface area contributed by atoms with Gasteiger partial charge >= 0.3 is 0 Å². The van der Waals surface area contributed by atoms with E-state index in [-0.39, 0.29) is 23.9 Å². The van der Waals surface area contributed by atoms with Gasteiger partial charge in [-0.25, -0.2) is 0 Å². The molecule has 1 aliphatic carbocycles. The second-order valence-corrected chi connectivity index (χ2v) is 8.85. The molecule has 2 heterocycles. The molecule has 1 saturated carbocycles. The largest absolute Gasteiger partial charge is 0.366 e. The minimum absolute atomic E-state index is 0.0302. The van der Waals surface area contributed by atoms with Gasteiger partial charge in [0, 0.05) is 25.2 Å². The maximum atomic E-state index is 12.8. The number of likely N-dealkylation sites (N-methyl/N-ethyl adjacent to an activating group) is 1. The van der Waals surface area contributed by atoms with Gasteiger partial charge in [0.2, 0.25) is 5.91 Å². The van der Waals surface area contributed by atoms with Crippen molar-refractivity contribution in [2.75, 3.05) is 52.2 Å². The van der Waals surface area contributed by atoms with Crippen LogP contribution in [0.3, 0.4) is 0 Å². The van der Waals surface area contributed by atoms with Crippen LogP contribution in [0.15, 0.2) is 0 Å². The van der Waals surface area contributed by atoms with E-state index in [0.717, 1.165) is 29.9 Å². The van der Waals surface area contributed by atoms with E-state index in [9.17, 15) is 9.59 Å². The van der Waals surface area contributed by atoms with E-state index in [2.05, 4.69) is 39.8 Å².